The van der Waals surface area contributed by atoms with Crippen molar-refractivity contribution >= 4 is 21.5 Å². The molecule has 2 aromatic heterocycles. The molecular weight excluding hydrogens is 426 g/mol. The summed E-state index contributed by atoms with van der Waals surface area (Å²) in [5, 5.41) is 1.98. The molecule has 0 amide bonds. The van der Waals surface area contributed by atoms with Gasteiger partial charge in [0, 0.05) is 13.0 Å². The van der Waals surface area contributed by atoms with Gasteiger partial charge in [-0.3, -0.25) is 4.18 Å². The smallest absolute Gasteiger partial charge is 0.264 e. The standard InChI is InChI=1S/C21H25NO6S2/c1-4-25-18(13-27-30(3,23)24)12-16-7-9-17(10-8-16)26-14-19-15(2)28-21(22-19)20-6-5-11-29-20/h5-11,18H,4,12-14H2,1-3H3/t18-/m0/s1. The average Bonchev–Trinajstić information content (AvgIpc) is 3.35. The summed E-state index contributed by atoms with van der Waals surface area (Å²) < 4.78 is 44.5. The van der Waals surface area contributed by atoms with Crippen LogP contribution in [0.1, 0.15) is 23.9 Å². The number of rotatable bonds is 11. The molecule has 1 atom stereocenters. The Balaban J connectivity index is 1.56. The van der Waals surface area contributed by atoms with Crippen LogP contribution in [0, 0.1) is 6.92 Å². The van der Waals surface area contributed by atoms with Gasteiger partial charge in [-0.15, -0.1) is 11.3 Å². The van der Waals surface area contributed by atoms with Crippen LogP contribution in [0.5, 0.6) is 5.75 Å². The summed E-state index contributed by atoms with van der Waals surface area (Å²) in [6.07, 6.45) is 1.23. The highest BCUT2D eigenvalue weighted by atomic mass is 32.2. The van der Waals surface area contributed by atoms with E-state index in [4.69, 9.17) is 18.1 Å². The predicted molar refractivity (Wildman–Crippen MR) is 115 cm³/mol. The number of thiophene rings is 1. The minimum Gasteiger partial charge on any atom is -0.487 e. The van der Waals surface area contributed by atoms with Gasteiger partial charge in [-0.1, -0.05) is 18.2 Å². The minimum absolute atomic E-state index is 0.0110. The Labute approximate surface area is 180 Å². The van der Waals surface area contributed by atoms with Crippen molar-refractivity contribution in [3.05, 3.63) is 58.8 Å². The molecule has 0 aliphatic heterocycles. The zero-order chi connectivity index (χ0) is 21.6. The van der Waals surface area contributed by atoms with E-state index in [1.165, 1.54) is 0 Å². The molecule has 0 aliphatic carbocycles. The van der Waals surface area contributed by atoms with E-state index in [1.54, 1.807) is 11.3 Å². The molecule has 0 saturated heterocycles. The highest BCUT2D eigenvalue weighted by Crippen LogP contribution is 2.26. The van der Waals surface area contributed by atoms with Crippen molar-refractivity contribution in [2.45, 2.75) is 33.0 Å². The Kier molecular flexibility index (Phi) is 7.65. The van der Waals surface area contributed by atoms with Crippen LogP contribution in [0.15, 0.2) is 46.2 Å². The molecule has 0 fully saturated rings. The molecule has 30 heavy (non-hydrogen) atoms. The summed E-state index contributed by atoms with van der Waals surface area (Å²) in [7, 11) is -3.50. The zero-order valence-corrected chi connectivity index (χ0v) is 18.8. The van der Waals surface area contributed by atoms with Crippen molar-refractivity contribution in [1.29, 1.82) is 0 Å². The molecule has 3 aromatic rings. The largest absolute Gasteiger partial charge is 0.487 e. The van der Waals surface area contributed by atoms with Crippen molar-refractivity contribution in [3.8, 4) is 16.5 Å². The van der Waals surface area contributed by atoms with Gasteiger partial charge in [0.2, 0.25) is 5.89 Å². The zero-order valence-electron chi connectivity index (χ0n) is 17.2. The van der Waals surface area contributed by atoms with Gasteiger partial charge < -0.3 is 13.9 Å². The van der Waals surface area contributed by atoms with Gasteiger partial charge in [0.25, 0.3) is 10.1 Å². The number of aromatic nitrogens is 1. The molecule has 2 heterocycles. The van der Waals surface area contributed by atoms with E-state index in [0.29, 0.717) is 31.3 Å². The van der Waals surface area contributed by atoms with Gasteiger partial charge in [-0.05, 0) is 43.0 Å². The second kappa shape index (κ2) is 10.2. The Bertz CT molecular complexity index is 1030. The fraction of sp³-hybridized carbons (Fsp3) is 0.381. The second-order valence-corrected chi connectivity index (χ2v) is 9.29. The molecule has 7 nitrogen and oxygen atoms in total. The van der Waals surface area contributed by atoms with Crippen molar-refractivity contribution in [3.63, 3.8) is 0 Å². The van der Waals surface area contributed by atoms with Crippen LogP contribution in [0.2, 0.25) is 0 Å². The van der Waals surface area contributed by atoms with Crippen LogP contribution in [0.4, 0.5) is 0 Å². The quantitative estimate of drug-likeness (QED) is 0.403. The molecule has 9 heteroatoms. The van der Waals surface area contributed by atoms with Gasteiger partial charge in [-0.25, -0.2) is 4.98 Å². The first kappa shape index (κ1) is 22.5. The SMILES string of the molecule is CCO[C@H](COS(C)(=O)=O)Cc1ccc(OCc2nc(-c3cccs3)oc2C)cc1. The number of hydrogen-bond acceptors (Lipinski definition) is 8. The predicted octanol–water partition coefficient (Wildman–Crippen LogP) is 4.21. The first-order chi connectivity index (χ1) is 14.3. The minimum atomic E-state index is -3.50. The third-order valence-corrected chi connectivity index (χ3v) is 5.68. The molecule has 0 aliphatic rings. The Morgan fingerprint density at radius 1 is 1.20 bits per heavy atom. The van der Waals surface area contributed by atoms with E-state index in [9.17, 15) is 8.42 Å². The highest BCUT2D eigenvalue weighted by Gasteiger charge is 2.15. The van der Waals surface area contributed by atoms with Crippen LogP contribution < -0.4 is 4.74 Å². The lowest BCUT2D eigenvalue weighted by Crippen LogP contribution is -2.24. The highest BCUT2D eigenvalue weighted by molar-refractivity contribution is 7.85. The summed E-state index contributed by atoms with van der Waals surface area (Å²) in [4.78, 5) is 5.51. The maximum atomic E-state index is 11.2. The normalized spacial score (nSPS) is 12.8. The summed E-state index contributed by atoms with van der Waals surface area (Å²) in [6, 6.07) is 11.5. The molecule has 1 aromatic carbocycles. The van der Waals surface area contributed by atoms with Crippen molar-refractivity contribution in [2.24, 2.45) is 0 Å². The van der Waals surface area contributed by atoms with Crippen LogP contribution in [0.25, 0.3) is 10.8 Å². The van der Waals surface area contributed by atoms with Crippen LogP contribution >= 0.6 is 11.3 Å². The van der Waals surface area contributed by atoms with E-state index < -0.39 is 10.1 Å². The monoisotopic (exact) mass is 451 g/mol. The molecule has 0 radical (unpaired) electrons. The van der Waals surface area contributed by atoms with E-state index in [-0.39, 0.29) is 12.7 Å². The van der Waals surface area contributed by atoms with Gasteiger partial charge in [0.1, 0.15) is 23.8 Å². The number of hydrogen-bond donors (Lipinski definition) is 0. The summed E-state index contributed by atoms with van der Waals surface area (Å²) >= 11 is 1.58. The Hall–Kier alpha value is -2.20. The maximum absolute atomic E-state index is 11.2. The lowest BCUT2D eigenvalue weighted by molar-refractivity contribution is 0.0301. The summed E-state index contributed by atoms with van der Waals surface area (Å²) in [5.74, 6) is 2.05. The molecule has 0 N–H and O–H groups in total. The van der Waals surface area contributed by atoms with E-state index in [1.807, 2.05) is 55.6 Å². The van der Waals surface area contributed by atoms with Gasteiger partial charge >= 0.3 is 0 Å². The molecular formula is C21H25NO6S2. The van der Waals surface area contributed by atoms with Gasteiger partial charge in [0.05, 0.1) is 23.8 Å². The number of oxazole rings is 1. The number of benzene rings is 1. The van der Waals surface area contributed by atoms with Gasteiger partial charge in [0.15, 0.2) is 0 Å². The molecule has 0 unspecified atom stereocenters. The Morgan fingerprint density at radius 3 is 2.60 bits per heavy atom. The van der Waals surface area contributed by atoms with Crippen LogP contribution in [0.3, 0.4) is 0 Å². The molecule has 0 bridgehead atoms. The maximum Gasteiger partial charge on any atom is 0.264 e. The number of nitrogens with zero attached hydrogens (tertiary/aromatic N) is 1. The fourth-order valence-electron chi connectivity index (χ4n) is 2.81. The van der Waals surface area contributed by atoms with Crippen LogP contribution in [-0.2, 0) is 32.1 Å². The average molecular weight is 452 g/mol. The topological polar surface area (TPSA) is 87.9 Å². The first-order valence-corrected chi connectivity index (χ1v) is 12.2. The number of aryl methyl sites for hydroxylation is 1. The van der Waals surface area contributed by atoms with Crippen molar-refractivity contribution in [1.82, 2.24) is 4.98 Å². The lowest BCUT2D eigenvalue weighted by atomic mass is 10.1. The summed E-state index contributed by atoms with van der Waals surface area (Å²) in [6.45, 7) is 4.51. The summed E-state index contributed by atoms with van der Waals surface area (Å²) in [5.41, 5.74) is 1.76. The van der Waals surface area contributed by atoms with Gasteiger partial charge in [-0.2, -0.15) is 8.42 Å². The number of ether oxygens (including phenoxy) is 2. The van der Waals surface area contributed by atoms with Crippen LogP contribution in [-0.4, -0.2) is 39.0 Å². The first-order valence-electron chi connectivity index (χ1n) is 9.52. The van der Waals surface area contributed by atoms with E-state index in [0.717, 1.165) is 28.2 Å². The molecule has 0 spiro atoms. The van der Waals surface area contributed by atoms with E-state index in [2.05, 4.69) is 4.98 Å². The Morgan fingerprint density at radius 2 is 1.97 bits per heavy atom. The van der Waals surface area contributed by atoms with Crippen molar-refractivity contribution < 1.29 is 26.5 Å². The third kappa shape index (κ3) is 6.66. The molecule has 0 saturated carbocycles. The molecule has 3 rings (SSSR count). The lowest BCUT2D eigenvalue weighted by Gasteiger charge is -2.16. The van der Waals surface area contributed by atoms with Crippen molar-refractivity contribution in [2.75, 3.05) is 19.5 Å². The third-order valence-electron chi connectivity index (χ3n) is 4.26. The molecule has 162 valence electrons. The van der Waals surface area contributed by atoms with E-state index >= 15 is 0 Å². The second-order valence-electron chi connectivity index (χ2n) is 6.70. The fourth-order valence-corrected chi connectivity index (χ4v) is 3.85.